The van der Waals surface area contributed by atoms with Crippen LogP contribution in [0.25, 0.3) is 0 Å². The molecule has 0 spiro atoms. The number of amides is 2. The Morgan fingerprint density at radius 1 is 1.55 bits per heavy atom. The van der Waals surface area contributed by atoms with E-state index in [0.29, 0.717) is 0 Å². The maximum Gasteiger partial charge on any atom is 0.312 e. The Balaban J connectivity index is 3.49. The zero-order valence-electron chi connectivity index (χ0n) is 7.39. The first-order valence-electron chi connectivity index (χ1n) is 4.26. The quantitative estimate of drug-likeness (QED) is 0.627. The van der Waals surface area contributed by atoms with Gasteiger partial charge < -0.3 is 11.1 Å². The second kappa shape index (κ2) is 6.01. The molecule has 1 atom stereocenters. The van der Waals surface area contributed by atoms with Crippen LogP contribution < -0.4 is 11.1 Å². The van der Waals surface area contributed by atoms with Crippen molar-refractivity contribution in [2.45, 2.75) is 45.6 Å². The highest BCUT2D eigenvalue weighted by Crippen LogP contribution is 2.03. The molecule has 3 N–H and O–H groups in total. The van der Waals surface area contributed by atoms with Gasteiger partial charge in [0, 0.05) is 6.04 Å². The van der Waals surface area contributed by atoms with Gasteiger partial charge in [0.2, 0.25) is 0 Å². The van der Waals surface area contributed by atoms with Gasteiger partial charge in [0.15, 0.2) is 0 Å². The van der Waals surface area contributed by atoms with E-state index >= 15 is 0 Å². The molecule has 0 aliphatic carbocycles. The maximum absolute atomic E-state index is 10.4. The molecule has 0 aliphatic heterocycles. The van der Waals surface area contributed by atoms with Gasteiger partial charge in [-0.1, -0.05) is 26.7 Å². The maximum atomic E-state index is 10.4. The Kier molecular flexibility index (Phi) is 5.61. The summed E-state index contributed by atoms with van der Waals surface area (Å²) in [5, 5.41) is 2.70. The summed E-state index contributed by atoms with van der Waals surface area (Å²) in [6.07, 6.45) is 4.31. The summed E-state index contributed by atoms with van der Waals surface area (Å²) in [4.78, 5) is 10.4. The van der Waals surface area contributed by atoms with Crippen molar-refractivity contribution < 1.29 is 4.79 Å². The van der Waals surface area contributed by atoms with Crippen molar-refractivity contribution in [3.8, 4) is 0 Å². The molecule has 3 heteroatoms. The standard InChI is InChI=1S/C8H18N2O/c1-3-5-6-7(4-2)10-8(9)11/h7H,3-6H2,1-2H3,(H3,9,10,11). The van der Waals surface area contributed by atoms with Crippen molar-refractivity contribution in [3.05, 3.63) is 0 Å². The number of nitrogens with one attached hydrogen (secondary N) is 1. The van der Waals surface area contributed by atoms with Crippen LogP contribution in [-0.2, 0) is 0 Å². The van der Waals surface area contributed by atoms with Crippen molar-refractivity contribution in [1.82, 2.24) is 5.32 Å². The highest BCUT2D eigenvalue weighted by atomic mass is 16.2. The molecule has 0 aromatic heterocycles. The fourth-order valence-corrected chi connectivity index (χ4v) is 1.03. The molecule has 2 amide bonds. The predicted octanol–water partition coefficient (Wildman–Crippen LogP) is 1.62. The number of primary amides is 1. The zero-order valence-corrected chi connectivity index (χ0v) is 7.39. The number of unbranched alkanes of at least 4 members (excludes halogenated alkanes) is 1. The molecule has 0 bridgehead atoms. The second-order valence-electron chi connectivity index (χ2n) is 2.76. The molecular weight excluding hydrogens is 140 g/mol. The smallest absolute Gasteiger partial charge is 0.312 e. The minimum absolute atomic E-state index is 0.271. The minimum atomic E-state index is -0.409. The van der Waals surface area contributed by atoms with E-state index in [1.807, 2.05) is 0 Å². The highest BCUT2D eigenvalue weighted by Gasteiger charge is 2.05. The molecule has 0 fully saturated rings. The van der Waals surface area contributed by atoms with Crippen LogP contribution in [0.1, 0.15) is 39.5 Å². The number of carbonyl (C=O) groups excluding carboxylic acids is 1. The van der Waals surface area contributed by atoms with Crippen LogP contribution in [0, 0.1) is 0 Å². The topological polar surface area (TPSA) is 55.1 Å². The van der Waals surface area contributed by atoms with Crippen molar-refractivity contribution >= 4 is 6.03 Å². The highest BCUT2D eigenvalue weighted by molar-refractivity contribution is 5.71. The Morgan fingerprint density at radius 2 is 2.18 bits per heavy atom. The predicted molar refractivity (Wildman–Crippen MR) is 46.3 cm³/mol. The lowest BCUT2D eigenvalue weighted by atomic mass is 10.1. The number of hydrogen-bond donors (Lipinski definition) is 2. The molecule has 0 aromatic rings. The van der Waals surface area contributed by atoms with Gasteiger partial charge in [-0.3, -0.25) is 0 Å². The third kappa shape index (κ3) is 5.70. The van der Waals surface area contributed by atoms with E-state index in [-0.39, 0.29) is 6.04 Å². The Morgan fingerprint density at radius 3 is 2.55 bits per heavy atom. The fourth-order valence-electron chi connectivity index (χ4n) is 1.03. The SMILES string of the molecule is CCCCC(CC)NC(N)=O. The van der Waals surface area contributed by atoms with E-state index in [0.717, 1.165) is 25.7 Å². The van der Waals surface area contributed by atoms with Crippen LogP contribution in [0.4, 0.5) is 4.79 Å². The number of carbonyl (C=O) groups is 1. The van der Waals surface area contributed by atoms with Crippen molar-refractivity contribution in [2.75, 3.05) is 0 Å². The van der Waals surface area contributed by atoms with Gasteiger partial charge in [-0.05, 0) is 12.8 Å². The van der Waals surface area contributed by atoms with E-state index < -0.39 is 6.03 Å². The summed E-state index contributed by atoms with van der Waals surface area (Å²) in [7, 11) is 0. The van der Waals surface area contributed by atoms with E-state index in [2.05, 4.69) is 19.2 Å². The first-order chi connectivity index (χ1) is 5.20. The third-order valence-corrected chi connectivity index (χ3v) is 1.75. The van der Waals surface area contributed by atoms with Crippen LogP contribution in [0.3, 0.4) is 0 Å². The summed E-state index contributed by atoms with van der Waals surface area (Å²) < 4.78 is 0. The lowest BCUT2D eigenvalue weighted by Gasteiger charge is -2.14. The minimum Gasteiger partial charge on any atom is -0.352 e. The number of nitrogens with two attached hydrogens (primary N) is 1. The first kappa shape index (κ1) is 10.3. The zero-order chi connectivity index (χ0) is 8.69. The third-order valence-electron chi connectivity index (χ3n) is 1.75. The van der Waals surface area contributed by atoms with Crippen LogP contribution in [0.5, 0.6) is 0 Å². The molecule has 0 rings (SSSR count). The summed E-state index contributed by atoms with van der Waals surface area (Å²) >= 11 is 0. The molecular formula is C8H18N2O. The van der Waals surface area contributed by atoms with E-state index in [1.165, 1.54) is 0 Å². The molecule has 66 valence electrons. The molecule has 0 aromatic carbocycles. The van der Waals surface area contributed by atoms with Gasteiger partial charge in [-0.25, -0.2) is 4.79 Å². The molecule has 0 radical (unpaired) electrons. The molecule has 0 heterocycles. The van der Waals surface area contributed by atoms with Gasteiger partial charge in [0.25, 0.3) is 0 Å². The average Bonchev–Trinajstić information content (AvgIpc) is 1.97. The van der Waals surface area contributed by atoms with E-state index in [4.69, 9.17) is 5.73 Å². The lowest BCUT2D eigenvalue weighted by molar-refractivity contribution is 0.243. The van der Waals surface area contributed by atoms with Crippen LogP contribution in [0.2, 0.25) is 0 Å². The van der Waals surface area contributed by atoms with Gasteiger partial charge in [0.05, 0.1) is 0 Å². The fraction of sp³-hybridized carbons (Fsp3) is 0.875. The van der Waals surface area contributed by atoms with Crippen molar-refractivity contribution in [2.24, 2.45) is 5.73 Å². The molecule has 1 unspecified atom stereocenters. The van der Waals surface area contributed by atoms with Gasteiger partial charge in [0.1, 0.15) is 0 Å². The molecule has 3 nitrogen and oxygen atoms in total. The monoisotopic (exact) mass is 158 g/mol. The van der Waals surface area contributed by atoms with Crippen molar-refractivity contribution in [1.29, 1.82) is 0 Å². The number of rotatable bonds is 5. The number of urea groups is 1. The molecule has 0 aliphatic rings. The first-order valence-corrected chi connectivity index (χ1v) is 4.26. The average molecular weight is 158 g/mol. The van der Waals surface area contributed by atoms with Crippen molar-refractivity contribution in [3.63, 3.8) is 0 Å². The van der Waals surface area contributed by atoms with Crippen LogP contribution in [-0.4, -0.2) is 12.1 Å². The van der Waals surface area contributed by atoms with Gasteiger partial charge in [-0.15, -0.1) is 0 Å². The summed E-state index contributed by atoms with van der Waals surface area (Å²) in [5.41, 5.74) is 4.99. The molecule has 0 saturated carbocycles. The summed E-state index contributed by atoms with van der Waals surface area (Å²) in [6.45, 7) is 4.19. The lowest BCUT2D eigenvalue weighted by Crippen LogP contribution is -2.38. The molecule has 0 saturated heterocycles. The van der Waals surface area contributed by atoms with Crippen LogP contribution in [0.15, 0.2) is 0 Å². The normalized spacial score (nSPS) is 12.5. The summed E-state index contributed by atoms with van der Waals surface area (Å²) in [5.74, 6) is 0. The Bertz CT molecular complexity index is 115. The summed E-state index contributed by atoms with van der Waals surface area (Å²) in [6, 6.07) is -0.139. The van der Waals surface area contributed by atoms with E-state index in [9.17, 15) is 4.79 Å². The van der Waals surface area contributed by atoms with Crippen LogP contribution >= 0.6 is 0 Å². The Hall–Kier alpha value is -0.730. The Labute approximate surface area is 68.3 Å². The van der Waals surface area contributed by atoms with Gasteiger partial charge >= 0.3 is 6.03 Å². The number of hydrogen-bond acceptors (Lipinski definition) is 1. The van der Waals surface area contributed by atoms with E-state index in [1.54, 1.807) is 0 Å². The van der Waals surface area contributed by atoms with Gasteiger partial charge in [-0.2, -0.15) is 0 Å². The molecule has 11 heavy (non-hydrogen) atoms. The largest absolute Gasteiger partial charge is 0.352 e. The second-order valence-corrected chi connectivity index (χ2v) is 2.76.